The zero-order valence-electron chi connectivity index (χ0n) is 29.0. The molecule has 8 bridgehead atoms. The van der Waals surface area contributed by atoms with Gasteiger partial charge in [0.2, 0.25) is 0 Å². The minimum Gasteiger partial charge on any atom is -0.249 e. The predicted molar refractivity (Wildman–Crippen MR) is 158 cm³/mol. The van der Waals surface area contributed by atoms with Gasteiger partial charge in [-0.25, -0.2) is 20.0 Å². The van der Waals surface area contributed by atoms with E-state index in [1.54, 1.807) is 0 Å². The molecule has 0 unspecified atom stereocenters. The fourth-order valence-corrected chi connectivity index (χ4v) is 5.64. The lowest BCUT2D eigenvalue weighted by atomic mass is 9.82. The lowest BCUT2D eigenvalue weighted by Gasteiger charge is -2.36. The second-order valence-corrected chi connectivity index (χ2v) is 13.0. The zero-order valence-corrected chi connectivity index (χ0v) is 29.0. The van der Waals surface area contributed by atoms with E-state index >= 15 is 35.1 Å². The summed E-state index contributed by atoms with van der Waals surface area (Å²) in [7, 11) is 0. The fraction of sp³-hybridized carbons (Fsp3) is 0.375. The molecule has 0 spiro atoms. The largest absolute Gasteiger partial charge is 0.460 e. The van der Waals surface area contributed by atoms with Crippen LogP contribution in [0.2, 0.25) is 0 Å². The van der Waals surface area contributed by atoms with Gasteiger partial charge in [-0.15, -0.1) is 0 Å². The molecule has 0 aromatic rings. The molecule has 5 aliphatic rings. The summed E-state index contributed by atoms with van der Waals surface area (Å²) >= 11 is 0. The number of fused-ring (bicyclic) bond motifs is 4. The summed E-state index contributed by atoms with van der Waals surface area (Å²) in [5, 5.41) is 0. The average molecular weight is 980 g/mol. The monoisotopic (exact) mass is 980 g/mol. The van der Waals surface area contributed by atoms with Crippen LogP contribution in [-0.2, 0) is 0 Å². The number of halogens is 28. The third kappa shape index (κ3) is 7.15. The average Bonchev–Trinajstić information content (AvgIpc) is 3.90. The quantitative estimate of drug-likeness (QED) is 0.218. The first kappa shape index (κ1) is 49.7. The molecule has 0 aliphatic carbocycles. The first-order valence-electron chi connectivity index (χ1n) is 15.7. The molecule has 0 amide bonds. The van der Waals surface area contributed by atoms with Crippen molar-refractivity contribution in [2.24, 2.45) is 20.0 Å². The molecule has 0 saturated carbocycles. The van der Waals surface area contributed by atoms with E-state index in [1.807, 2.05) is 4.99 Å². The molecule has 64 heavy (non-hydrogen) atoms. The van der Waals surface area contributed by atoms with Gasteiger partial charge in [-0.2, -0.15) is 123 Å². The van der Waals surface area contributed by atoms with Gasteiger partial charge in [-0.1, -0.05) is 0 Å². The van der Waals surface area contributed by atoms with Crippen LogP contribution < -0.4 is 0 Å². The number of rotatable bonds is 8. The molecule has 4 nitrogen and oxygen atoms in total. The molecule has 0 aromatic carbocycles. The van der Waals surface area contributed by atoms with Gasteiger partial charge in [0, 0.05) is 0 Å². The van der Waals surface area contributed by atoms with Gasteiger partial charge < -0.3 is 0 Å². The summed E-state index contributed by atoms with van der Waals surface area (Å²) in [6.45, 7) is 0. The van der Waals surface area contributed by atoms with E-state index in [0.717, 1.165) is 6.08 Å². The first-order chi connectivity index (χ1) is 28.3. The fourth-order valence-electron chi connectivity index (χ4n) is 5.64. The minimum absolute atomic E-state index is 0.0893. The van der Waals surface area contributed by atoms with E-state index < -0.39 is 152 Å². The van der Waals surface area contributed by atoms with E-state index in [0.29, 0.717) is 18.2 Å². The Kier molecular flexibility index (Phi) is 10.9. The molecular weight excluding hydrogens is 972 g/mol. The number of aliphatic imine (C=N–C) groups is 4. The Balaban J connectivity index is 2.22. The van der Waals surface area contributed by atoms with Crippen LogP contribution in [0.3, 0.4) is 0 Å². The van der Waals surface area contributed by atoms with Gasteiger partial charge in [0.25, 0.3) is 0 Å². The number of hydrogen-bond acceptors (Lipinski definition) is 4. The van der Waals surface area contributed by atoms with Crippen molar-refractivity contribution in [3.05, 3.63) is 93.7 Å². The van der Waals surface area contributed by atoms with Crippen molar-refractivity contribution in [1.29, 1.82) is 0 Å². The highest BCUT2D eigenvalue weighted by atomic mass is 19.5. The lowest BCUT2D eigenvalue weighted by molar-refractivity contribution is -0.349. The van der Waals surface area contributed by atoms with E-state index in [4.69, 9.17) is 0 Å². The number of nitrogens with zero attached hydrogens (tertiary/aromatic N) is 4. The first-order valence-corrected chi connectivity index (χ1v) is 15.7. The molecule has 5 rings (SSSR count). The molecular formula is C32H8F28N4. The van der Waals surface area contributed by atoms with Gasteiger partial charge in [0.1, 0.15) is 0 Å². The van der Waals surface area contributed by atoms with E-state index in [9.17, 15) is 87.8 Å². The molecule has 5 aliphatic heterocycles. The molecule has 0 radical (unpaired) electrons. The van der Waals surface area contributed by atoms with Gasteiger partial charge in [-0.3, -0.25) is 0 Å². The summed E-state index contributed by atoms with van der Waals surface area (Å²) in [5.41, 5.74) is -35.5. The Morgan fingerprint density at radius 2 is 0.641 bits per heavy atom. The van der Waals surface area contributed by atoms with Crippen molar-refractivity contribution in [2.45, 2.75) is 72.1 Å². The van der Waals surface area contributed by atoms with Crippen molar-refractivity contribution in [3.63, 3.8) is 0 Å². The summed E-state index contributed by atoms with van der Waals surface area (Å²) in [5.74, 6) is -65.3. The zero-order chi connectivity index (χ0) is 49.4. The molecule has 0 aromatic heterocycles. The van der Waals surface area contributed by atoms with Gasteiger partial charge in [0.05, 0.1) is 67.9 Å². The Morgan fingerprint density at radius 3 is 1.05 bits per heavy atom. The predicted octanol–water partition coefficient (Wildman–Crippen LogP) is 12.4. The molecule has 0 saturated heterocycles. The van der Waals surface area contributed by atoms with Crippen LogP contribution >= 0.6 is 0 Å². The van der Waals surface area contributed by atoms with Crippen molar-refractivity contribution in [3.8, 4) is 0 Å². The van der Waals surface area contributed by atoms with E-state index in [-0.39, 0.29) is 12.2 Å². The number of alkyl halides is 28. The summed E-state index contributed by atoms with van der Waals surface area (Å²) in [4.78, 5) is 11.4. The van der Waals surface area contributed by atoms with Crippen LogP contribution in [0.1, 0.15) is 0 Å². The Morgan fingerprint density at radius 1 is 0.297 bits per heavy atom. The molecule has 0 fully saturated rings. The SMILES string of the molecule is FC(F)(F)C(F)(F)C(F)(F)C1=CC2=CC3=NC(=CC4=NC(=CC5=NC(=C(C(F)(F)C(F)(F)C(F)(F)F)C1=N2)C(C(F)(F)C(F)(F)C(F)(F)F)=C5C(F)(F)C(F)(F)C(F)(F)F)C=C4)C=C3. The highest BCUT2D eigenvalue weighted by Crippen LogP contribution is 2.62. The molecule has 0 atom stereocenters. The van der Waals surface area contributed by atoms with E-state index in [1.165, 1.54) is 0 Å². The van der Waals surface area contributed by atoms with Crippen molar-refractivity contribution in [1.82, 2.24) is 0 Å². The molecule has 0 N–H and O–H groups in total. The van der Waals surface area contributed by atoms with Crippen LogP contribution in [0, 0.1) is 0 Å². The second-order valence-electron chi connectivity index (χ2n) is 13.0. The maximum Gasteiger partial charge on any atom is 0.460 e. The van der Waals surface area contributed by atoms with E-state index in [2.05, 4.69) is 15.0 Å². The smallest absolute Gasteiger partial charge is 0.249 e. The van der Waals surface area contributed by atoms with Crippen molar-refractivity contribution >= 4 is 22.8 Å². The van der Waals surface area contributed by atoms with Gasteiger partial charge in [-0.05, 0) is 48.6 Å². The topological polar surface area (TPSA) is 49.4 Å². The highest BCUT2D eigenvalue weighted by molar-refractivity contribution is 6.21. The number of hydrogen-bond donors (Lipinski definition) is 0. The van der Waals surface area contributed by atoms with Crippen LogP contribution in [0.25, 0.3) is 0 Å². The molecule has 352 valence electrons. The van der Waals surface area contributed by atoms with Gasteiger partial charge in [0.15, 0.2) is 0 Å². The normalized spacial score (nSPS) is 20.1. The minimum atomic E-state index is -8.46. The van der Waals surface area contributed by atoms with Gasteiger partial charge >= 0.3 is 72.1 Å². The Hall–Kier alpha value is -5.36. The van der Waals surface area contributed by atoms with Crippen LogP contribution in [0.5, 0.6) is 0 Å². The second kappa shape index (κ2) is 14.1. The number of allylic oxidation sites excluding steroid dienone is 12. The summed E-state index contributed by atoms with van der Waals surface area (Å²) in [6, 6.07) is 0. The Labute approximate surface area is 332 Å². The van der Waals surface area contributed by atoms with Crippen LogP contribution in [0.4, 0.5) is 123 Å². The summed E-state index contributed by atoms with van der Waals surface area (Å²) in [6.07, 6.45) is -31.0. The summed E-state index contributed by atoms with van der Waals surface area (Å²) < 4.78 is 407. The van der Waals surface area contributed by atoms with Crippen LogP contribution in [-0.4, -0.2) is 94.9 Å². The standard InChI is InChI=1S/C32H8F28N4/c33-21(34,25(41,42)29(49,50)51)14-7-13-6-11-2-1-9(61-11)5-10-3-4-12(62-10)8-15-16(22(35,36)26(43,44)30(52,53)54)17(23(37,38)27(45,46)31(55,56)57)20(64-15)18(19(14)63-13)24(39,40)28(47,48)32(58,59)60/h1-8H. The third-order valence-corrected chi connectivity index (χ3v) is 8.76. The van der Waals surface area contributed by atoms with Crippen molar-refractivity contribution < 1.29 is 123 Å². The Bertz CT molecular complexity index is 2420. The van der Waals surface area contributed by atoms with Crippen LogP contribution in [0.15, 0.2) is 114 Å². The highest BCUT2D eigenvalue weighted by Gasteiger charge is 2.82. The maximum atomic E-state index is 16.2. The maximum absolute atomic E-state index is 16.2. The van der Waals surface area contributed by atoms with Crippen molar-refractivity contribution in [2.75, 3.05) is 0 Å². The lowest BCUT2D eigenvalue weighted by Crippen LogP contribution is -2.58. The molecule has 5 heterocycles. The third-order valence-electron chi connectivity index (χ3n) is 8.76. The molecule has 32 heteroatoms.